The lowest BCUT2D eigenvalue weighted by molar-refractivity contribution is 0.115. The lowest BCUT2D eigenvalue weighted by Gasteiger charge is -2.25. The molecule has 1 rings (SSSR count). The Hall–Kier alpha value is -0.600. The van der Waals surface area contributed by atoms with E-state index in [9.17, 15) is 5.11 Å². The Morgan fingerprint density at radius 3 is 2.47 bits per heavy atom. The number of aliphatic hydroxyl groups excluding tert-OH is 1. The van der Waals surface area contributed by atoms with E-state index in [4.69, 9.17) is 0 Å². The van der Waals surface area contributed by atoms with Crippen molar-refractivity contribution in [3.05, 3.63) is 23.3 Å². The average molecular weight is 265 g/mol. The topological polar surface area (TPSA) is 32.3 Å². The Balaban J connectivity index is 2.19. The van der Waals surface area contributed by atoms with Crippen LogP contribution in [0.2, 0.25) is 0 Å². The second-order valence-corrected chi connectivity index (χ2v) is 6.12. The van der Waals surface area contributed by atoms with Crippen molar-refractivity contribution in [1.82, 2.24) is 5.32 Å². The highest BCUT2D eigenvalue weighted by Crippen LogP contribution is 2.18. The molecule has 0 aromatic carbocycles. The molecule has 2 N–H and O–H groups in total. The Bertz CT molecular complexity index is 296. The first kappa shape index (κ1) is 16.5. The van der Waals surface area contributed by atoms with Crippen molar-refractivity contribution in [1.29, 1.82) is 0 Å². The summed E-state index contributed by atoms with van der Waals surface area (Å²) in [4.78, 5) is 0. The molecule has 1 saturated carbocycles. The van der Waals surface area contributed by atoms with Gasteiger partial charge in [0.1, 0.15) is 6.23 Å². The molecule has 0 saturated heterocycles. The molecule has 1 atom stereocenters. The summed E-state index contributed by atoms with van der Waals surface area (Å²) in [6.07, 6.45) is 13.4. The summed E-state index contributed by atoms with van der Waals surface area (Å²) < 4.78 is 0. The maximum atomic E-state index is 10.00. The standard InChI is InChI=1S/C17H31NO/c1-14(2)8-7-9-15(3)12-13-17(19)18-16-10-5-4-6-11-16/h8,12,16-19H,4-7,9-11,13H2,1-3H3/b15-12+. The maximum absolute atomic E-state index is 10.00. The smallest absolute Gasteiger partial charge is 0.108 e. The van der Waals surface area contributed by atoms with Crippen LogP contribution in [-0.4, -0.2) is 17.4 Å². The van der Waals surface area contributed by atoms with Crippen LogP contribution in [0.3, 0.4) is 0 Å². The first-order valence-corrected chi connectivity index (χ1v) is 7.81. The number of nitrogens with one attached hydrogen (secondary N) is 1. The minimum absolute atomic E-state index is 0.374. The number of hydrogen-bond donors (Lipinski definition) is 2. The van der Waals surface area contributed by atoms with Crippen molar-refractivity contribution in [3.8, 4) is 0 Å². The molecule has 0 radical (unpaired) electrons. The molecule has 0 aliphatic heterocycles. The van der Waals surface area contributed by atoms with Gasteiger partial charge in [-0.05, 0) is 46.5 Å². The lowest BCUT2D eigenvalue weighted by Crippen LogP contribution is -2.39. The summed E-state index contributed by atoms with van der Waals surface area (Å²) in [6.45, 7) is 6.43. The normalized spacial score (nSPS) is 19.3. The fourth-order valence-electron chi connectivity index (χ4n) is 2.61. The molecule has 2 nitrogen and oxygen atoms in total. The van der Waals surface area contributed by atoms with E-state index in [1.165, 1.54) is 43.3 Å². The quantitative estimate of drug-likeness (QED) is 0.531. The molecule has 0 bridgehead atoms. The van der Waals surface area contributed by atoms with Gasteiger partial charge in [-0.1, -0.05) is 42.6 Å². The zero-order chi connectivity index (χ0) is 14.1. The minimum atomic E-state index is -0.374. The highest BCUT2D eigenvalue weighted by Gasteiger charge is 2.15. The monoisotopic (exact) mass is 265 g/mol. The molecule has 0 heterocycles. The molecule has 0 amide bonds. The Morgan fingerprint density at radius 2 is 1.84 bits per heavy atom. The average Bonchev–Trinajstić information content (AvgIpc) is 2.37. The predicted molar refractivity (Wildman–Crippen MR) is 83.1 cm³/mol. The highest BCUT2D eigenvalue weighted by molar-refractivity contribution is 5.02. The number of rotatable bonds is 7. The number of allylic oxidation sites excluding steroid dienone is 3. The van der Waals surface area contributed by atoms with Gasteiger partial charge in [-0.2, -0.15) is 0 Å². The van der Waals surface area contributed by atoms with Gasteiger partial charge in [0, 0.05) is 12.5 Å². The molecule has 1 unspecified atom stereocenters. The molecule has 0 spiro atoms. The molecule has 2 heteroatoms. The molecule has 19 heavy (non-hydrogen) atoms. The number of hydrogen-bond acceptors (Lipinski definition) is 2. The van der Waals surface area contributed by atoms with E-state index in [2.05, 4.69) is 38.2 Å². The lowest BCUT2D eigenvalue weighted by atomic mass is 9.95. The Labute approximate surface area is 119 Å². The third kappa shape index (κ3) is 8.22. The van der Waals surface area contributed by atoms with E-state index in [0.29, 0.717) is 6.04 Å². The van der Waals surface area contributed by atoms with Gasteiger partial charge in [-0.3, -0.25) is 5.32 Å². The van der Waals surface area contributed by atoms with Crippen molar-refractivity contribution in [2.24, 2.45) is 0 Å². The minimum Gasteiger partial charge on any atom is -0.378 e. The molecule has 0 aromatic heterocycles. The van der Waals surface area contributed by atoms with E-state index < -0.39 is 0 Å². The summed E-state index contributed by atoms with van der Waals surface area (Å²) in [5, 5.41) is 13.3. The highest BCUT2D eigenvalue weighted by atomic mass is 16.3. The van der Waals surface area contributed by atoms with Crippen LogP contribution in [-0.2, 0) is 0 Å². The first-order chi connectivity index (χ1) is 9.08. The van der Waals surface area contributed by atoms with Crippen LogP contribution in [0.4, 0.5) is 0 Å². The molecule has 1 aliphatic carbocycles. The molecular formula is C17H31NO. The zero-order valence-corrected chi connectivity index (χ0v) is 12.9. The van der Waals surface area contributed by atoms with Crippen LogP contribution in [0, 0.1) is 0 Å². The van der Waals surface area contributed by atoms with E-state index in [-0.39, 0.29) is 6.23 Å². The summed E-state index contributed by atoms with van der Waals surface area (Å²) in [7, 11) is 0. The van der Waals surface area contributed by atoms with Crippen LogP contribution < -0.4 is 5.32 Å². The third-order valence-corrected chi connectivity index (χ3v) is 3.81. The summed E-state index contributed by atoms with van der Waals surface area (Å²) >= 11 is 0. The first-order valence-electron chi connectivity index (χ1n) is 7.81. The fourth-order valence-corrected chi connectivity index (χ4v) is 2.61. The zero-order valence-electron chi connectivity index (χ0n) is 12.9. The third-order valence-electron chi connectivity index (χ3n) is 3.81. The van der Waals surface area contributed by atoms with Crippen LogP contribution in [0.25, 0.3) is 0 Å². The molecule has 1 fully saturated rings. The van der Waals surface area contributed by atoms with E-state index in [0.717, 1.165) is 19.3 Å². The van der Waals surface area contributed by atoms with Crippen LogP contribution >= 0.6 is 0 Å². The predicted octanol–water partition coefficient (Wildman–Crippen LogP) is 4.31. The Kier molecular flexibility index (Phi) is 8.08. The van der Waals surface area contributed by atoms with Gasteiger partial charge in [-0.15, -0.1) is 0 Å². The van der Waals surface area contributed by atoms with Crippen LogP contribution in [0.1, 0.15) is 72.1 Å². The second kappa shape index (κ2) is 9.33. The number of aliphatic hydroxyl groups is 1. The largest absolute Gasteiger partial charge is 0.378 e. The maximum Gasteiger partial charge on any atom is 0.108 e. The van der Waals surface area contributed by atoms with Gasteiger partial charge in [0.15, 0.2) is 0 Å². The molecule has 110 valence electrons. The van der Waals surface area contributed by atoms with Crippen LogP contribution in [0.5, 0.6) is 0 Å². The van der Waals surface area contributed by atoms with Crippen molar-refractivity contribution < 1.29 is 5.11 Å². The van der Waals surface area contributed by atoms with Gasteiger partial charge in [0.25, 0.3) is 0 Å². The van der Waals surface area contributed by atoms with Gasteiger partial charge in [0.05, 0.1) is 0 Å². The summed E-state index contributed by atoms with van der Waals surface area (Å²) in [5.41, 5.74) is 2.76. The van der Waals surface area contributed by atoms with Crippen molar-refractivity contribution in [2.75, 3.05) is 0 Å². The molecular weight excluding hydrogens is 234 g/mol. The van der Waals surface area contributed by atoms with Gasteiger partial charge >= 0.3 is 0 Å². The Morgan fingerprint density at radius 1 is 1.16 bits per heavy atom. The van der Waals surface area contributed by atoms with E-state index in [1.54, 1.807) is 0 Å². The van der Waals surface area contributed by atoms with E-state index in [1.807, 2.05) is 0 Å². The SMILES string of the molecule is CC(C)=CCC/C(C)=C/CC(O)NC1CCCCC1. The second-order valence-electron chi connectivity index (χ2n) is 6.12. The van der Waals surface area contributed by atoms with Gasteiger partial charge in [0.2, 0.25) is 0 Å². The van der Waals surface area contributed by atoms with Crippen molar-refractivity contribution in [3.63, 3.8) is 0 Å². The molecule has 1 aliphatic rings. The van der Waals surface area contributed by atoms with Crippen LogP contribution in [0.15, 0.2) is 23.3 Å². The fraction of sp³-hybridized carbons (Fsp3) is 0.765. The van der Waals surface area contributed by atoms with Gasteiger partial charge in [-0.25, -0.2) is 0 Å². The van der Waals surface area contributed by atoms with Crippen molar-refractivity contribution in [2.45, 2.75) is 84.4 Å². The van der Waals surface area contributed by atoms with Crippen molar-refractivity contribution >= 4 is 0 Å². The van der Waals surface area contributed by atoms with E-state index >= 15 is 0 Å². The molecule has 0 aromatic rings. The summed E-state index contributed by atoms with van der Waals surface area (Å²) in [5.74, 6) is 0. The summed E-state index contributed by atoms with van der Waals surface area (Å²) in [6, 6.07) is 0.531. The van der Waals surface area contributed by atoms with Gasteiger partial charge < -0.3 is 5.11 Å².